The lowest BCUT2D eigenvalue weighted by molar-refractivity contribution is -0.251. The molecule has 0 radical (unpaired) electrons. The average Bonchev–Trinajstić information content (AvgIpc) is 3.61. The van der Waals surface area contributed by atoms with Crippen LogP contribution < -0.4 is 0 Å². The molecule has 0 aromatic rings. The van der Waals surface area contributed by atoms with Gasteiger partial charge in [0.25, 0.3) is 0 Å². The molecule has 0 bridgehead atoms. The van der Waals surface area contributed by atoms with Gasteiger partial charge in [0, 0.05) is 37.4 Å². The lowest BCUT2D eigenvalue weighted by Gasteiger charge is -2.62. The Morgan fingerprint density at radius 1 is 1.02 bits per heavy atom. The summed E-state index contributed by atoms with van der Waals surface area (Å²) in [5.74, 6) is 1.14. The molecule has 8 aliphatic rings. The molecule has 0 aromatic heterocycles. The second-order valence-corrected chi connectivity index (χ2v) is 19.5. The largest absolute Gasteiger partial charge is 0.457 e. The fraction of sp³-hybridized carbons (Fsp3) is 0.950. The van der Waals surface area contributed by atoms with Gasteiger partial charge in [0.2, 0.25) is 0 Å². The molecule has 2 saturated heterocycles. The third-order valence-corrected chi connectivity index (χ3v) is 16.8. The molecular formula is C40H63NO7. The van der Waals surface area contributed by atoms with Gasteiger partial charge in [-0.1, -0.05) is 41.0 Å². The first-order chi connectivity index (χ1) is 22.5. The Morgan fingerprint density at radius 3 is 2.40 bits per heavy atom. The fourth-order valence-electron chi connectivity index (χ4n) is 14.3. The number of ketones is 1. The van der Waals surface area contributed by atoms with E-state index in [1.54, 1.807) is 13.8 Å². The molecule has 8 fully saturated rings. The van der Waals surface area contributed by atoms with Crippen LogP contribution in [0.25, 0.3) is 0 Å². The van der Waals surface area contributed by atoms with Crippen molar-refractivity contribution in [1.29, 1.82) is 0 Å². The van der Waals surface area contributed by atoms with E-state index >= 15 is 4.79 Å². The molecule has 13 atom stereocenters. The Kier molecular flexibility index (Phi) is 7.79. The van der Waals surface area contributed by atoms with Gasteiger partial charge >= 0.3 is 5.97 Å². The molecule has 8 rings (SSSR count). The quantitative estimate of drug-likeness (QED) is 0.329. The summed E-state index contributed by atoms with van der Waals surface area (Å²) in [5.41, 5.74) is -1.31. The van der Waals surface area contributed by atoms with Crippen molar-refractivity contribution in [2.75, 3.05) is 19.7 Å². The Labute approximate surface area is 288 Å². The van der Waals surface area contributed by atoms with Crippen LogP contribution in [0.2, 0.25) is 0 Å². The van der Waals surface area contributed by atoms with Gasteiger partial charge in [-0.25, -0.2) is 0 Å². The molecule has 2 heterocycles. The molecule has 6 aliphatic carbocycles. The van der Waals surface area contributed by atoms with Crippen LogP contribution in [0.4, 0.5) is 0 Å². The van der Waals surface area contributed by atoms with E-state index < -0.39 is 35.3 Å². The van der Waals surface area contributed by atoms with Crippen molar-refractivity contribution in [2.45, 2.75) is 168 Å². The average molecular weight is 670 g/mol. The summed E-state index contributed by atoms with van der Waals surface area (Å²) in [5, 5.41) is 11.0. The van der Waals surface area contributed by atoms with E-state index in [4.69, 9.17) is 18.9 Å². The highest BCUT2D eigenvalue weighted by atomic mass is 16.7. The molecule has 8 nitrogen and oxygen atoms in total. The standard InChI is InChI=1S/C40H63NO7/c1-23-20-26(34(36(5,6)44)46-24(2)42)47-32-31(23)37(7)16-17-40-22-39(40)15-14-29(48-30-21-41(18-19-45-30)25-10-9-11-25)35(3,4)27(39)12-13-28(40)38(37,8)33(32)43/h23,25-32,34,44H,9-22H2,1-8H3/t23-,26-,27+,28+,29+,30+,31+,32+,34+,37-,38-,39?,40+/m1/s1. The van der Waals surface area contributed by atoms with Crippen LogP contribution >= 0.6 is 0 Å². The second kappa shape index (κ2) is 11.0. The summed E-state index contributed by atoms with van der Waals surface area (Å²) >= 11 is 0. The van der Waals surface area contributed by atoms with E-state index in [9.17, 15) is 9.90 Å². The van der Waals surface area contributed by atoms with Crippen LogP contribution in [0.3, 0.4) is 0 Å². The molecule has 1 N–H and O–H groups in total. The van der Waals surface area contributed by atoms with Crippen LogP contribution in [-0.2, 0) is 28.5 Å². The van der Waals surface area contributed by atoms with Crippen molar-refractivity contribution >= 4 is 11.8 Å². The third kappa shape index (κ3) is 4.49. The summed E-state index contributed by atoms with van der Waals surface area (Å²) in [6, 6.07) is 0.723. The maximum Gasteiger partial charge on any atom is 0.303 e. The Morgan fingerprint density at radius 2 is 1.73 bits per heavy atom. The van der Waals surface area contributed by atoms with Gasteiger partial charge < -0.3 is 24.1 Å². The Hall–Kier alpha value is -1.06. The van der Waals surface area contributed by atoms with Crippen molar-refractivity contribution in [1.82, 2.24) is 4.90 Å². The van der Waals surface area contributed by atoms with Crippen LogP contribution in [-0.4, -0.2) is 83.8 Å². The van der Waals surface area contributed by atoms with Crippen LogP contribution in [0.15, 0.2) is 0 Å². The Balaban J connectivity index is 1.03. The topological polar surface area (TPSA) is 94.5 Å². The molecule has 0 aromatic carbocycles. The Bertz CT molecular complexity index is 1320. The number of hydrogen-bond donors (Lipinski definition) is 1. The minimum atomic E-state index is -1.28. The number of morpholine rings is 1. The van der Waals surface area contributed by atoms with Crippen LogP contribution in [0.1, 0.15) is 126 Å². The van der Waals surface area contributed by atoms with Gasteiger partial charge in [-0.05, 0) is 117 Å². The third-order valence-electron chi connectivity index (χ3n) is 16.8. The SMILES string of the molecule is CC(=O)O[C@@H]([C@H]1C[C@@H](C)[C@H]2[C@H](O1)C(=O)[C@@]1(C)[C@@H]3CC[C@H]4C(C)(C)[C@@H](O[C@H]5CN(C6CCC6)CCO5)CCC45C[C@@]35CC[C@]21C)C(C)(C)O. The summed E-state index contributed by atoms with van der Waals surface area (Å²) in [6.07, 6.45) is 10.9. The maximum absolute atomic E-state index is 15.0. The molecule has 2 aliphatic heterocycles. The summed E-state index contributed by atoms with van der Waals surface area (Å²) in [4.78, 5) is 29.7. The van der Waals surface area contributed by atoms with Gasteiger partial charge in [0.1, 0.15) is 6.10 Å². The first kappa shape index (κ1) is 34.0. The number of esters is 1. The predicted molar refractivity (Wildman–Crippen MR) is 181 cm³/mol. The van der Waals surface area contributed by atoms with Crippen LogP contribution in [0, 0.1) is 50.7 Å². The number of rotatable bonds is 6. The minimum absolute atomic E-state index is 0.0534. The number of carbonyl (C=O) groups is 2. The summed E-state index contributed by atoms with van der Waals surface area (Å²) in [6.45, 7) is 19.4. The zero-order valence-corrected chi connectivity index (χ0v) is 31.0. The van der Waals surface area contributed by atoms with Crippen molar-refractivity contribution < 1.29 is 33.6 Å². The summed E-state index contributed by atoms with van der Waals surface area (Å²) in [7, 11) is 0. The van der Waals surface area contributed by atoms with Gasteiger partial charge in [-0.2, -0.15) is 0 Å². The number of carbonyl (C=O) groups excluding carboxylic acids is 2. The highest BCUT2D eigenvalue weighted by Gasteiger charge is 2.85. The lowest BCUT2D eigenvalue weighted by atomic mass is 9.41. The van der Waals surface area contributed by atoms with Crippen molar-refractivity contribution in [3.8, 4) is 0 Å². The highest BCUT2D eigenvalue weighted by Crippen LogP contribution is 2.89. The smallest absolute Gasteiger partial charge is 0.303 e. The van der Waals surface area contributed by atoms with Crippen molar-refractivity contribution in [3.63, 3.8) is 0 Å². The fourth-order valence-corrected chi connectivity index (χ4v) is 14.3. The first-order valence-corrected chi connectivity index (χ1v) is 19.6. The zero-order valence-electron chi connectivity index (χ0n) is 31.0. The molecule has 0 amide bonds. The molecule has 270 valence electrons. The van der Waals surface area contributed by atoms with E-state index in [0.29, 0.717) is 23.7 Å². The van der Waals surface area contributed by atoms with Gasteiger partial charge in [-0.15, -0.1) is 0 Å². The predicted octanol–water partition coefficient (Wildman–Crippen LogP) is 6.31. The van der Waals surface area contributed by atoms with Gasteiger partial charge in [-0.3, -0.25) is 14.5 Å². The minimum Gasteiger partial charge on any atom is -0.457 e. The zero-order chi connectivity index (χ0) is 34.2. The van der Waals surface area contributed by atoms with E-state index in [1.165, 1.54) is 45.4 Å². The van der Waals surface area contributed by atoms with E-state index in [1.807, 2.05) is 0 Å². The van der Waals surface area contributed by atoms with Gasteiger partial charge in [0.05, 0.1) is 24.4 Å². The normalized spacial score (nSPS) is 50.6. The van der Waals surface area contributed by atoms with Crippen molar-refractivity contribution in [2.24, 2.45) is 50.7 Å². The van der Waals surface area contributed by atoms with Crippen LogP contribution in [0.5, 0.6) is 0 Å². The summed E-state index contributed by atoms with van der Waals surface area (Å²) < 4.78 is 25.6. The lowest BCUT2D eigenvalue weighted by Crippen LogP contribution is -2.60. The number of aliphatic hydroxyl groups is 1. The molecule has 48 heavy (non-hydrogen) atoms. The molecule has 2 spiro atoms. The van der Waals surface area contributed by atoms with Crippen molar-refractivity contribution in [3.05, 3.63) is 0 Å². The van der Waals surface area contributed by atoms with E-state index in [0.717, 1.165) is 51.4 Å². The number of ether oxygens (including phenoxy) is 4. The molecule has 6 saturated carbocycles. The number of Topliss-reactive ketones (excluding diaryl/α,β-unsaturated/α-hetero) is 1. The highest BCUT2D eigenvalue weighted by molar-refractivity contribution is 5.93. The monoisotopic (exact) mass is 669 g/mol. The van der Waals surface area contributed by atoms with Gasteiger partial charge in [0.15, 0.2) is 18.2 Å². The first-order valence-electron chi connectivity index (χ1n) is 19.6. The number of nitrogens with zero attached hydrogens (tertiary/aromatic N) is 1. The number of hydrogen-bond acceptors (Lipinski definition) is 8. The van der Waals surface area contributed by atoms with E-state index in [-0.39, 0.29) is 46.3 Å². The maximum atomic E-state index is 15.0. The van der Waals surface area contributed by atoms with E-state index in [2.05, 4.69) is 39.5 Å². The molecular weight excluding hydrogens is 606 g/mol. The number of fused-ring (bicyclic) bond motifs is 4. The molecule has 8 heteroatoms. The molecule has 1 unspecified atom stereocenters. The second-order valence-electron chi connectivity index (χ2n) is 19.5.